The van der Waals surface area contributed by atoms with Crippen molar-refractivity contribution >= 4 is 34.1 Å². The molecule has 44 heavy (non-hydrogen) atoms. The number of carbonyl (C=O) groups is 2. The van der Waals surface area contributed by atoms with Gasteiger partial charge in [0.05, 0.1) is 12.8 Å². The SMILES string of the molecule is CCCCCNC(=O)Nc1ccc(Oc2cnc(NC(=O)c3ccc(OC4CCN(CCCC)CC4)cc3)s2)c(COC)c1. The molecule has 2 aromatic carbocycles. The highest BCUT2D eigenvalue weighted by Gasteiger charge is 2.20. The van der Waals surface area contributed by atoms with E-state index in [1.54, 1.807) is 37.6 Å². The number of nitrogens with one attached hydrogen (secondary N) is 3. The third-order valence-electron chi connectivity index (χ3n) is 7.38. The average Bonchev–Trinajstić information content (AvgIpc) is 3.47. The molecule has 3 N–H and O–H groups in total. The number of benzene rings is 2. The number of piperidine rings is 1. The summed E-state index contributed by atoms with van der Waals surface area (Å²) < 4.78 is 17.6. The lowest BCUT2D eigenvalue weighted by Crippen LogP contribution is -2.38. The Hall–Kier alpha value is -3.67. The fourth-order valence-electron chi connectivity index (χ4n) is 4.93. The van der Waals surface area contributed by atoms with Crippen molar-refractivity contribution in [2.45, 2.75) is 71.5 Å². The van der Waals surface area contributed by atoms with Gasteiger partial charge in [-0.25, -0.2) is 9.78 Å². The average molecular weight is 624 g/mol. The number of unbranched alkanes of at least 4 members (excludes halogenated alkanes) is 3. The second kappa shape index (κ2) is 17.6. The zero-order valence-electron chi connectivity index (χ0n) is 26.0. The second-order valence-corrected chi connectivity index (χ2v) is 11.9. The number of urea groups is 1. The first-order chi connectivity index (χ1) is 21.5. The van der Waals surface area contributed by atoms with Crippen LogP contribution in [0.3, 0.4) is 0 Å². The molecular weight excluding hydrogens is 578 g/mol. The number of carbonyl (C=O) groups excluding carboxylic acids is 2. The smallest absolute Gasteiger partial charge is 0.319 e. The minimum Gasteiger partial charge on any atom is -0.490 e. The molecular formula is C33H45N5O5S. The molecule has 10 nitrogen and oxygen atoms in total. The third kappa shape index (κ3) is 10.5. The quantitative estimate of drug-likeness (QED) is 0.144. The molecule has 0 unspecified atom stereocenters. The molecule has 1 fully saturated rings. The fraction of sp³-hybridized carbons (Fsp3) is 0.485. The first-order valence-corrected chi connectivity index (χ1v) is 16.4. The van der Waals surface area contributed by atoms with Gasteiger partial charge in [-0.3, -0.25) is 10.1 Å². The van der Waals surface area contributed by atoms with Gasteiger partial charge >= 0.3 is 6.03 Å². The van der Waals surface area contributed by atoms with Gasteiger partial charge in [0.2, 0.25) is 5.06 Å². The maximum absolute atomic E-state index is 12.9. The summed E-state index contributed by atoms with van der Waals surface area (Å²) in [7, 11) is 1.60. The van der Waals surface area contributed by atoms with E-state index in [2.05, 4.69) is 39.7 Å². The summed E-state index contributed by atoms with van der Waals surface area (Å²) >= 11 is 1.22. The van der Waals surface area contributed by atoms with E-state index in [0.717, 1.165) is 56.5 Å². The topological polar surface area (TPSA) is 114 Å². The number of anilines is 2. The van der Waals surface area contributed by atoms with Gasteiger partial charge in [0, 0.05) is 43.6 Å². The monoisotopic (exact) mass is 623 g/mol. The van der Waals surface area contributed by atoms with Crippen LogP contribution in [-0.2, 0) is 11.3 Å². The number of aromatic nitrogens is 1. The summed E-state index contributed by atoms with van der Waals surface area (Å²) in [5, 5.41) is 9.50. The first-order valence-electron chi connectivity index (χ1n) is 15.6. The Morgan fingerprint density at radius 2 is 1.77 bits per heavy atom. The van der Waals surface area contributed by atoms with E-state index in [-0.39, 0.29) is 18.0 Å². The fourth-order valence-corrected chi connectivity index (χ4v) is 5.61. The van der Waals surface area contributed by atoms with E-state index < -0.39 is 0 Å². The minimum atomic E-state index is -0.259. The molecule has 238 valence electrons. The molecule has 0 radical (unpaired) electrons. The summed E-state index contributed by atoms with van der Waals surface area (Å²) in [6, 6.07) is 12.3. The van der Waals surface area contributed by atoms with E-state index in [9.17, 15) is 9.59 Å². The van der Waals surface area contributed by atoms with Gasteiger partial charge in [-0.05, 0) is 74.7 Å². The third-order valence-corrected chi connectivity index (χ3v) is 8.17. The van der Waals surface area contributed by atoms with Gasteiger partial charge in [0.1, 0.15) is 17.6 Å². The van der Waals surface area contributed by atoms with Crippen LogP contribution in [0, 0.1) is 0 Å². The van der Waals surface area contributed by atoms with Gasteiger partial charge in [-0.1, -0.05) is 44.4 Å². The number of methoxy groups -OCH3 is 1. The Labute approximate surface area is 264 Å². The largest absolute Gasteiger partial charge is 0.490 e. The molecule has 0 saturated carbocycles. The maximum Gasteiger partial charge on any atom is 0.319 e. The number of hydrogen-bond acceptors (Lipinski definition) is 8. The molecule has 1 aromatic heterocycles. The second-order valence-electron chi connectivity index (χ2n) is 10.9. The Morgan fingerprint density at radius 3 is 2.50 bits per heavy atom. The van der Waals surface area contributed by atoms with Gasteiger partial charge in [0.15, 0.2) is 5.13 Å². The lowest BCUT2D eigenvalue weighted by molar-refractivity contribution is 0.0996. The number of nitrogens with zero attached hydrogens (tertiary/aromatic N) is 2. The number of hydrogen-bond donors (Lipinski definition) is 3. The Bertz CT molecular complexity index is 1320. The molecule has 1 saturated heterocycles. The van der Waals surface area contributed by atoms with Crippen molar-refractivity contribution in [3.63, 3.8) is 0 Å². The van der Waals surface area contributed by atoms with Crippen molar-refractivity contribution < 1.29 is 23.8 Å². The van der Waals surface area contributed by atoms with Crippen LogP contribution >= 0.6 is 11.3 Å². The number of rotatable bonds is 16. The van der Waals surface area contributed by atoms with Crippen LogP contribution in [0.25, 0.3) is 0 Å². The summed E-state index contributed by atoms with van der Waals surface area (Å²) in [5.74, 6) is 1.09. The van der Waals surface area contributed by atoms with Gasteiger partial charge in [-0.15, -0.1) is 0 Å². The molecule has 3 aromatic rings. The van der Waals surface area contributed by atoms with Crippen LogP contribution in [0.4, 0.5) is 15.6 Å². The van der Waals surface area contributed by atoms with E-state index in [4.69, 9.17) is 14.2 Å². The molecule has 3 amide bonds. The van der Waals surface area contributed by atoms with Crippen LogP contribution in [0.5, 0.6) is 16.6 Å². The Kier molecular flexibility index (Phi) is 13.3. The summed E-state index contributed by atoms with van der Waals surface area (Å²) in [6.07, 6.45) is 9.40. The van der Waals surface area contributed by atoms with Crippen molar-refractivity contribution in [3.05, 3.63) is 59.8 Å². The predicted molar refractivity (Wildman–Crippen MR) is 175 cm³/mol. The summed E-state index contributed by atoms with van der Waals surface area (Å²) in [4.78, 5) is 31.9. The molecule has 0 spiro atoms. The van der Waals surface area contributed by atoms with Crippen molar-refractivity contribution in [1.29, 1.82) is 0 Å². The highest BCUT2D eigenvalue weighted by molar-refractivity contribution is 7.17. The minimum absolute atomic E-state index is 0.206. The summed E-state index contributed by atoms with van der Waals surface area (Å²) in [5.41, 5.74) is 1.92. The van der Waals surface area contributed by atoms with Gasteiger partial charge in [-0.2, -0.15) is 0 Å². The van der Waals surface area contributed by atoms with Crippen LogP contribution in [0.15, 0.2) is 48.7 Å². The molecule has 0 aliphatic carbocycles. The van der Waals surface area contributed by atoms with E-state index in [0.29, 0.717) is 40.3 Å². The summed E-state index contributed by atoms with van der Waals surface area (Å²) in [6.45, 7) is 8.58. The lowest BCUT2D eigenvalue weighted by atomic mass is 10.1. The lowest BCUT2D eigenvalue weighted by Gasteiger charge is -2.32. The van der Waals surface area contributed by atoms with Crippen LogP contribution < -0.4 is 25.4 Å². The number of thiazole rings is 1. The zero-order valence-corrected chi connectivity index (χ0v) is 26.8. The highest BCUT2D eigenvalue weighted by Crippen LogP contribution is 2.34. The standard InChI is InChI=1S/C33H45N5O5S/c1-4-6-8-17-34-32(40)36-26-11-14-29(25(21-26)23-41-3)43-30-22-35-33(44-30)37-31(39)24-9-12-27(13-10-24)42-28-15-19-38(20-16-28)18-7-5-2/h9-14,21-22,28H,4-8,15-20,23H2,1-3H3,(H2,34,36,40)(H,35,37,39). The van der Waals surface area contributed by atoms with Crippen molar-refractivity contribution in [2.24, 2.45) is 0 Å². The molecule has 4 rings (SSSR count). The van der Waals surface area contributed by atoms with Crippen molar-refractivity contribution in [2.75, 3.05) is 43.9 Å². The molecule has 11 heteroatoms. The Morgan fingerprint density at radius 1 is 1.00 bits per heavy atom. The number of ether oxygens (including phenoxy) is 3. The first kappa shape index (κ1) is 33.2. The van der Waals surface area contributed by atoms with Crippen LogP contribution in [-0.4, -0.2) is 61.2 Å². The normalized spacial score (nSPS) is 13.8. The van der Waals surface area contributed by atoms with E-state index in [1.165, 1.54) is 30.7 Å². The van der Waals surface area contributed by atoms with Crippen LogP contribution in [0.2, 0.25) is 0 Å². The molecule has 1 aliphatic heterocycles. The maximum atomic E-state index is 12.9. The van der Waals surface area contributed by atoms with Crippen LogP contribution in [0.1, 0.15) is 74.7 Å². The van der Waals surface area contributed by atoms with Gasteiger partial charge in [0.25, 0.3) is 5.91 Å². The molecule has 0 atom stereocenters. The van der Waals surface area contributed by atoms with E-state index in [1.807, 2.05) is 18.2 Å². The zero-order chi connectivity index (χ0) is 31.1. The number of likely N-dealkylation sites (tertiary alicyclic amines) is 1. The number of amides is 3. The molecule has 1 aliphatic rings. The molecule has 0 bridgehead atoms. The highest BCUT2D eigenvalue weighted by atomic mass is 32.1. The van der Waals surface area contributed by atoms with Crippen molar-refractivity contribution in [1.82, 2.24) is 15.2 Å². The predicted octanol–water partition coefficient (Wildman–Crippen LogP) is 7.29. The van der Waals surface area contributed by atoms with Gasteiger partial charge < -0.3 is 29.7 Å². The molecule has 2 heterocycles. The Balaban J connectivity index is 1.27. The van der Waals surface area contributed by atoms with E-state index >= 15 is 0 Å². The van der Waals surface area contributed by atoms with Crippen molar-refractivity contribution in [3.8, 4) is 16.6 Å².